The molecule has 0 bridgehead atoms. The van der Waals surface area contributed by atoms with E-state index in [0.717, 1.165) is 23.5 Å². The molecule has 1 aromatic rings. The van der Waals surface area contributed by atoms with Gasteiger partial charge < -0.3 is 19.5 Å². The zero-order valence-corrected chi connectivity index (χ0v) is 10.8. The highest BCUT2D eigenvalue weighted by molar-refractivity contribution is 5.66. The molecule has 2 atom stereocenters. The Morgan fingerprint density at radius 3 is 3.05 bits per heavy atom. The summed E-state index contributed by atoms with van der Waals surface area (Å²) in [4.78, 5) is 12.6. The number of methoxy groups -OCH3 is 1. The number of hydrogen-bond acceptors (Lipinski definition) is 3. The Hall–Kier alpha value is -1.91. The Labute approximate surface area is 111 Å². The molecule has 1 saturated heterocycles. The molecule has 0 aromatic heterocycles. The summed E-state index contributed by atoms with van der Waals surface area (Å²) in [5, 5.41) is 9.15. The predicted molar refractivity (Wildman–Crippen MR) is 68.9 cm³/mol. The molecular weight excluding hydrogens is 246 g/mol. The second-order valence-electron chi connectivity index (χ2n) is 5.07. The van der Waals surface area contributed by atoms with Crippen LogP contribution in [-0.4, -0.2) is 42.9 Å². The second kappa shape index (κ2) is 4.64. The molecule has 5 heteroatoms. The van der Waals surface area contributed by atoms with Crippen molar-refractivity contribution in [1.29, 1.82) is 0 Å². The molecule has 2 aliphatic heterocycles. The largest absolute Gasteiger partial charge is 0.493 e. The van der Waals surface area contributed by atoms with E-state index in [-0.39, 0.29) is 5.92 Å². The summed E-state index contributed by atoms with van der Waals surface area (Å²) in [5.74, 6) is 2.06. The van der Waals surface area contributed by atoms with E-state index in [1.165, 1.54) is 4.90 Å². The molecule has 19 heavy (non-hydrogen) atoms. The highest BCUT2D eigenvalue weighted by atomic mass is 16.5. The van der Waals surface area contributed by atoms with Gasteiger partial charge in [-0.3, -0.25) is 0 Å². The SMILES string of the molecule is COc1cccc2c1OCC[C@@H]1CN(C(=O)O)C[C@@H]21. The van der Waals surface area contributed by atoms with E-state index in [2.05, 4.69) is 0 Å². The van der Waals surface area contributed by atoms with Crippen LogP contribution in [0.4, 0.5) is 4.79 Å². The fraction of sp³-hybridized carbons (Fsp3) is 0.500. The van der Waals surface area contributed by atoms with Gasteiger partial charge in [-0.25, -0.2) is 4.79 Å². The fourth-order valence-corrected chi connectivity index (χ4v) is 3.12. The Kier molecular flexibility index (Phi) is 2.97. The Bertz CT molecular complexity index is 502. The molecule has 0 unspecified atom stereocenters. The lowest BCUT2D eigenvalue weighted by molar-refractivity contribution is 0.152. The number of carbonyl (C=O) groups is 1. The van der Waals surface area contributed by atoms with Crippen molar-refractivity contribution in [3.05, 3.63) is 23.8 Å². The van der Waals surface area contributed by atoms with E-state index < -0.39 is 6.09 Å². The molecule has 2 aliphatic rings. The molecule has 5 nitrogen and oxygen atoms in total. The van der Waals surface area contributed by atoms with Crippen LogP contribution in [-0.2, 0) is 0 Å². The lowest BCUT2D eigenvalue weighted by atomic mass is 9.87. The molecule has 2 heterocycles. The molecule has 1 aromatic carbocycles. The zero-order chi connectivity index (χ0) is 13.4. The molecule has 1 amide bonds. The Morgan fingerprint density at radius 2 is 2.32 bits per heavy atom. The number of hydrogen-bond donors (Lipinski definition) is 1. The summed E-state index contributed by atoms with van der Waals surface area (Å²) in [6.07, 6.45) is 0.0465. The first-order valence-corrected chi connectivity index (χ1v) is 6.48. The van der Waals surface area contributed by atoms with Gasteiger partial charge >= 0.3 is 6.09 Å². The number of benzene rings is 1. The number of amides is 1. The van der Waals surface area contributed by atoms with Crippen molar-refractivity contribution in [2.75, 3.05) is 26.8 Å². The maximum Gasteiger partial charge on any atom is 0.407 e. The van der Waals surface area contributed by atoms with E-state index in [9.17, 15) is 4.79 Å². The van der Waals surface area contributed by atoms with Crippen LogP contribution in [0.1, 0.15) is 17.9 Å². The van der Waals surface area contributed by atoms with Crippen LogP contribution in [0, 0.1) is 5.92 Å². The second-order valence-corrected chi connectivity index (χ2v) is 5.07. The molecule has 1 fully saturated rings. The number of ether oxygens (including phenoxy) is 2. The Morgan fingerprint density at radius 1 is 1.47 bits per heavy atom. The van der Waals surface area contributed by atoms with Gasteiger partial charge in [0.25, 0.3) is 0 Å². The normalized spacial score (nSPS) is 25.0. The lowest BCUT2D eigenvalue weighted by Gasteiger charge is -2.17. The fourth-order valence-electron chi connectivity index (χ4n) is 3.12. The van der Waals surface area contributed by atoms with Crippen molar-refractivity contribution < 1.29 is 19.4 Å². The van der Waals surface area contributed by atoms with Gasteiger partial charge in [-0.15, -0.1) is 0 Å². The molecule has 0 radical (unpaired) electrons. The molecular formula is C14H17NO4. The minimum Gasteiger partial charge on any atom is -0.493 e. The number of likely N-dealkylation sites (tertiary alicyclic amines) is 1. The van der Waals surface area contributed by atoms with Gasteiger partial charge in [-0.2, -0.15) is 0 Å². The average molecular weight is 263 g/mol. The van der Waals surface area contributed by atoms with E-state index in [1.807, 2.05) is 18.2 Å². The summed E-state index contributed by atoms with van der Waals surface area (Å²) >= 11 is 0. The van der Waals surface area contributed by atoms with Crippen LogP contribution in [0.15, 0.2) is 18.2 Å². The summed E-state index contributed by atoms with van der Waals surface area (Å²) in [6.45, 7) is 1.76. The van der Waals surface area contributed by atoms with Crippen LogP contribution in [0.5, 0.6) is 11.5 Å². The average Bonchev–Trinajstić information content (AvgIpc) is 2.76. The number of para-hydroxylation sites is 1. The first kappa shape index (κ1) is 12.1. The van der Waals surface area contributed by atoms with Crippen molar-refractivity contribution >= 4 is 6.09 Å². The third-order valence-corrected chi connectivity index (χ3v) is 4.08. The van der Waals surface area contributed by atoms with E-state index in [0.29, 0.717) is 25.6 Å². The standard InChI is InChI=1S/C14H17NO4/c1-18-12-4-2-3-10-11-8-15(14(16)17)7-9(11)5-6-19-13(10)12/h2-4,9,11H,5-8H2,1H3,(H,16,17)/t9-,11-/m1/s1. The van der Waals surface area contributed by atoms with Crippen LogP contribution in [0.25, 0.3) is 0 Å². The highest BCUT2D eigenvalue weighted by Gasteiger charge is 2.39. The van der Waals surface area contributed by atoms with Crippen molar-refractivity contribution in [3.8, 4) is 11.5 Å². The van der Waals surface area contributed by atoms with Crippen molar-refractivity contribution in [2.45, 2.75) is 12.3 Å². The number of carboxylic acid groups (broad SMARTS) is 1. The quantitative estimate of drug-likeness (QED) is 0.843. The van der Waals surface area contributed by atoms with Gasteiger partial charge in [-0.1, -0.05) is 12.1 Å². The molecule has 0 saturated carbocycles. The van der Waals surface area contributed by atoms with Gasteiger partial charge in [0.1, 0.15) is 0 Å². The summed E-state index contributed by atoms with van der Waals surface area (Å²) < 4.78 is 11.1. The van der Waals surface area contributed by atoms with Crippen molar-refractivity contribution in [2.24, 2.45) is 5.92 Å². The molecule has 1 N–H and O–H groups in total. The molecule has 0 aliphatic carbocycles. The van der Waals surface area contributed by atoms with Gasteiger partial charge in [-0.05, 0) is 18.4 Å². The van der Waals surface area contributed by atoms with E-state index >= 15 is 0 Å². The Balaban J connectivity index is 1.99. The maximum absolute atomic E-state index is 11.1. The molecule has 0 spiro atoms. The third-order valence-electron chi connectivity index (χ3n) is 4.08. The first-order chi connectivity index (χ1) is 9.20. The van der Waals surface area contributed by atoms with Gasteiger partial charge in [0.2, 0.25) is 0 Å². The van der Waals surface area contributed by atoms with E-state index in [1.54, 1.807) is 7.11 Å². The lowest BCUT2D eigenvalue weighted by Crippen LogP contribution is -2.27. The van der Waals surface area contributed by atoms with Gasteiger partial charge in [0, 0.05) is 24.6 Å². The highest BCUT2D eigenvalue weighted by Crippen LogP contribution is 2.45. The maximum atomic E-state index is 11.1. The summed E-state index contributed by atoms with van der Waals surface area (Å²) in [5.41, 5.74) is 1.07. The number of fused-ring (bicyclic) bond motifs is 3. The summed E-state index contributed by atoms with van der Waals surface area (Å²) in [6, 6.07) is 5.84. The summed E-state index contributed by atoms with van der Waals surface area (Å²) in [7, 11) is 1.62. The third kappa shape index (κ3) is 1.99. The monoisotopic (exact) mass is 263 g/mol. The first-order valence-electron chi connectivity index (χ1n) is 6.48. The van der Waals surface area contributed by atoms with Crippen molar-refractivity contribution in [3.63, 3.8) is 0 Å². The van der Waals surface area contributed by atoms with Gasteiger partial charge in [0.15, 0.2) is 11.5 Å². The van der Waals surface area contributed by atoms with Crippen LogP contribution < -0.4 is 9.47 Å². The van der Waals surface area contributed by atoms with Crippen LogP contribution in [0.3, 0.4) is 0 Å². The predicted octanol–water partition coefficient (Wildman–Crippen LogP) is 2.17. The van der Waals surface area contributed by atoms with E-state index in [4.69, 9.17) is 14.6 Å². The smallest absolute Gasteiger partial charge is 0.407 e. The number of nitrogens with zero attached hydrogens (tertiary/aromatic N) is 1. The molecule has 102 valence electrons. The number of rotatable bonds is 1. The van der Waals surface area contributed by atoms with Crippen LogP contribution in [0.2, 0.25) is 0 Å². The minimum absolute atomic E-state index is 0.212. The van der Waals surface area contributed by atoms with Gasteiger partial charge in [0.05, 0.1) is 13.7 Å². The van der Waals surface area contributed by atoms with Crippen molar-refractivity contribution in [1.82, 2.24) is 4.90 Å². The topological polar surface area (TPSA) is 59.0 Å². The minimum atomic E-state index is -0.835. The van der Waals surface area contributed by atoms with Crippen LogP contribution >= 0.6 is 0 Å². The zero-order valence-electron chi connectivity index (χ0n) is 10.8. The molecule has 3 rings (SSSR count).